The summed E-state index contributed by atoms with van der Waals surface area (Å²) < 4.78 is 4.83. The van der Waals surface area contributed by atoms with Gasteiger partial charge >= 0.3 is 0 Å². The van der Waals surface area contributed by atoms with Crippen molar-refractivity contribution in [1.29, 1.82) is 0 Å². The molecule has 1 rings (SSSR count). The zero-order valence-electron chi connectivity index (χ0n) is 12.3. The summed E-state index contributed by atoms with van der Waals surface area (Å²) in [4.78, 5) is 0. The van der Waals surface area contributed by atoms with Crippen LogP contribution in [0.25, 0.3) is 0 Å². The zero-order chi connectivity index (χ0) is 14.1. The topological polar surface area (TPSA) is 13.1 Å². The molecule has 0 saturated carbocycles. The van der Waals surface area contributed by atoms with E-state index in [1.54, 1.807) is 18.4 Å². The predicted octanol–water partition coefficient (Wildman–Crippen LogP) is 5.95. The first kappa shape index (κ1) is 20.9. The summed E-state index contributed by atoms with van der Waals surface area (Å²) in [6.45, 7) is 19.0. The Morgan fingerprint density at radius 2 is 1.71 bits per heavy atom. The maximum Gasteiger partial charge on any atom is 0.100 e. The molecule has 0 aliphatic heterocycles. The Bertz CT molecular complexity index is 266. The summed E-state index contributed by atoms with van der Waals surface area (Å²) in [7, 11) is 0. The lowest BCUT2D eigenvalue weighted by Gasteiger charge is -1.80. The molecule has 0 saturated heterocycles. The third-order valence-corrected chi connectivity index (χ3v) is 1.37. The molecule has 0 atom stereocenters. The van der Waals surface area contributed by atoms with Gasteiger partial charge < -0.3 is 4.42 Å². The van der Waals surface area contributed by atoms with Crippen LogP contribution in [-0.2, 0) is 0 Å². The first-order valence-electron chi connectivity index (χ1n) is 6.12. The van der Waals surface area contributed by atoms with E-state index in [-0.39, 0.29) is 0 Å². The maximum atomic E-state index is 4.83. The van der Waals surface area contributed by atoms with E-state index in [1.807, 2.05) is 59.8 Å². The largest absolute Gasteiger partial charge is 0.470 e. The van der Waals surface area contributed by atoms with Crippen LogP contribution in [0.5, 0.6) is 0 Å². The van der Waals surface area contributed by atoms with E-state index >= 15 is 0 Å². The molecule has 17 heavy (non-hydrogen) atoms. The standard InChI is InChI=1S/C7H10.C5H6O.2C2H6/c1-4-6-7(3)5-2;1-5-3-2-4-6-5;2*1-2/h4-6H,1-2H2,3H3;2-4H,1H3;2*1-2H3/b7-6-;;;. The van der Waals surface area contributed by atoms with Crippen LogP contribution in [0, 0.1) is 6.92 Å². The van der Waals surface area contributed by atoms with Gasteiger partial charge in [-0.05, 0) is 26.0 Å². The fourth-order valence-electron chi connectivity index (χ4n) is 0.615. The Morgan fingerprint density at radius 3 is 1.82 bits per heavy atom. The van der Waals surface area contributed by atoms with Gasteiger partial charge in [0, 0.05) is 0 Å². The average Bonchev–Trinajstić information content (AvgIpc) is 2.86. The number of hydrogen-bond acceptors (Lipinski definition) is 1. The molecule has 0 spiro atoms. The summed E-state index contributed by atoms with van der Waals surface area (Å²) in [5.41, 5.74) is 1.15. The van der Waals surface area contributed by atoms with Gasteiger partial charge in [0.15, 0.2) is 0 Å². The van der Waals surface area contributed by atoms with Crippen LogP contribution in [0.3, 0.4) is 0 Å². The van der Waals surface area contributed by atoms with E-state index < -0.39 is 0 Å². The van der Waals surface area contributed by atoms with Gasteiger partial charge in [0.05, 0.1) is 6.26 Å². The summed E-state index contributed by atoms with van der Waals surface area (Å²) >= 11 is 0. The molecule has 0 amide bonds. The Balaban J connectivity index is -0.000000179. The summed E-state index contributed by atoms with van der Waals surface area (Å²) in [5, 5.41) is 0. The first-order chi connectivity index (χ1) is 8.20. The van der Waals surface area contributed by atoms with Crippen molar-refractivity contribution in [2.75, 3.05) is 0 Å². The van der Waals surface area contributed by atoms with Gasteiger partial charge in [-0.25, -0.2) is 0 Å². The minimum atomic E-state index is 0.968. The van der Waals surface area contributed by atoms with Crippen molar-refractivity contribution in [3.05, 3.63) is 61.1 Å². The average molecular weight is 236 g/mol. The van der Waals surface area contributed by atoms with E-state index in [0.29, 0.717) is 0 Å². The molecule has 0 unspecified atom stereocenters. The molecule has 98 valence electrons. The third-order valence-electron chi connectivity index (χ3n) is 1.37. The number of aryl methyl sites for hydroxylation is 1. The second-order valence-electron chi connectivity index (χ2n) is 2.57. The van der Waals surface area contributed by atoms with Gasteiger partial charge in [-0.2, -0.15) is 0 Å². The molecule has 1 nitrogen and oxygen atoms in total. The molecule has 0 fully saturated rings. The van der Waals surface area contributed by atoms with Gasteiger partial charge in [-0.3, -0.25) is 0 Å². The molecule has 1 heteroatoms. The number of furan rings is 1. The molecule has 0 aromatic carbocycles. The van der Waals surface area contributed by atoms with Gasteiger partial charge in [-0.15, -0.1) is 0 Å². The number of allylic oxidation sites excluding steroid dienone is 4. The molecule has 0 bridgehead atoms. The van der Waals surface area contributed by atoms with Gasteiger partial charge in [-0.1, -0.05) is 64.7 Å². The van der Waals surface area contributed by atoms with Crippen molar-refractivity contribution >= 4 is 0 Å². The van der Waals surface area contributed by atoms with Crippen LogP contribution in [0.15, 0.2) is 59.8 Å². The summed E-state index contributed by atoms with van der Waals surface area (Å²) in [6, 6.07) is 3.79. The Kier molecular flexibility index (Phi) is 24.5. The van der Waals surface area contributed by atoms with Crippen LogP contribution >= 0.6 is 0 Å². The van der Waals surface area contributed by atoms with Crippen molar-refractivity contribution < 1.29 is 4.42 Å². The summed E-state index contributed by atoms with van der Waals surface area (Å²) in [5.74, 6) is 0.968. The van der Waals surface area contributed by atoms with Crippen LogP contribution in [0.2, 0.25) is 0 Å². The highest BCUT2D eigenvalue weighted by molar-refractivity contribution is 5.17. The van der Waals surface area contributed by atoms with Crippen molar-refractivity contribution in [3.8, 4) is 0 Å². The van der Waals surface area contributed by atoms with Crippen LogP contribution in [0.1, 0.15) is 40.4 Å². The smallest absolute Gasteiger partial charge is 0.100 e. The predicted molar refractivity (Wildman–Crippen MR) is 80.3 cm³/mol. The molecule has 0 N–H and O–H groups in total. The minimum Gasteiger partial charge on any atom is -0.470 e. The van der Waals surface area contributed by atoms with E-state index in [9.17, 15) is 0 Å². The van der Waals surface area contributed by atoms with Crippen molar-refractivity contribution in [3.63, 3.8) is 0 Å². The molecule has 0 aliphatic carbocycles. The second kappa shape index (κ2) is 20.0. The van der Waals surface area contributed by atoms with Crippen molar-refractivity contribution in [2.45, 2.75) is 41.5 Å². The van der Waals surface area contributed by atoms with E-state index in [1.165, 1.54) is 0 Å². The maximum absolute atomic E-state index is 4.83. The highest BCUT2D eigenvalue weighted by atomic mass is 16.3. The minimum absolute atomic E-state index is 0.968. The molecule has 1 aromatic rings. The summed E-state index contributed by atoms with van der Waals surface area (Å²) in [6.07, 6.45) is 7.11. The number of hydrogen-bond donors (Lipinski definition) is 0. The van der Waals surface area contributed by atoms with Crippen LogP contribution in [0.4, 0.5) is 0 Å². The molecular weight excluding hydrogens is 208 g/mol. The molecule has 0 radical (unpaired) electrons. The highest BCUT2D eigenvalue weighted by Crippen LogP contribution is 1.93. The van der Waals surface area contributed by atoms with E-state index in [2.05, 4.69) is 13.2 Å². The fourth-order valence-corrected chi connectivity index (χ4v) is 0.615. The second-order valence-corrected chi connectivity index (χ2v) is 2.57. The number of rotatable bonds is 2. The SMILES string of the molecule is C=C/C=C(/C)C=C.CC.CC.Cc1ccco1. The lowest BCUT2D eigenvalue weighted by Crippen LogP contribution is -1.58. The quantitative estimate of drug-likeness (QED) is 0.579. The van der Waals surface area contributed by atoms with Gasteiger partial charge in [0.1, 0.15) is 5.76 Å². The van der Waals surface area contributed by atoms with Crippen LogP contribution < -0.4 is 0 Å². The van der Waals surface area contributed by atoms with Gasteiger partial charge in [0.25, 0.3) is 0 Å². The fraction of sp³-hybridized carbons (Fsp3) is 0.375. The van der Waals surface area contributed by atoms with Crippen molar-refractivity contribution in [2.24, 2.45) is 0 Å². The molecular formula is C16H28O. The van der Waals surface area contributed by atoms with E-state index in [4.69, 9.17) is 4.42 Å². The van der Waals surface area contributed by atoms with Crippen LogP contribution in [-0.4, -0.2) is 0 Å². The lowest BCUT2D eigenvalue weighted by atomic mass is 10.3. The molecule has 1 aromatic heterocycles. The van der Waals surface area contributed by atoms with Gasteiger partial charge in [0.2, 0.25) is 0 Å². The lowest BCUT2D eigenvalue weighted by molar-refractivity contribution is 0.534. The Hall–Kier alpha value is -1.50. The van der Waals surface area contributed by atoms with Crippen molar-refractivity contribution in [1.82, 2.24) is 0 Å². The Morgan fingerprint density at radius 1 is 1.18 bits per heavy atom. The molecule has 0 aliphatic rings. The monoisotopic (exact) mass is 236 g/mol. The Labute approximate surface area is 108 Å². The van der Waals surface area contributed by atoms with E-state index in [0.717, 1.165) is 11.3 Å². The molecule has 1 heterocycles. The third kappa shape index (κ3) is 20.5. The normalized spacial score (nSPS) is 8.24. The first-order valence-corrected chi connectivity index (χ1v) is 6.12. The zero-order valence-corrected chi connectivity index (χ0v) is 12.3. The highest BCUT2D eigenvalue weighted by Gasteiger charge is 1.75.